The number of nitro benzene ring substituents is 1. The molecule has 0 spiro atoms. The molecule has 114 valence electrons. The fourth-order valence-corrected chi connectivity index (χ4v) is 2.71. The minimum absolute atomic E-state index is 0.0128. The van der Waals surface area contributed by atoms with Gasteiger partial charge in [-0.05, 0) is 19.3 Å². The molecule has 1 fully saturated rings. The largest absolute Gasteiger partial charge is 0.454 e. The molecule has 0 saturated carbocycles. The van der Waals surface area contributed by atoms with Gasteiger partial charge in [-0.15, -0.1) is 0 Å². The summed E-state index contributed by atoms with van der Waals surface area (Å²) in [5, 5.41) is 14.5. The zero-order valence-corrected chi connectivity index (χ0v) is 11.8. The first kappa shape index (κ1) is 13.9. The molecule has 1 aromatic rings. The van der Waals surface area contributed by atoms with Gasteiger partial charge in [-0.25, -0.2) is 0 Å². The van der Waals surface area contributed by atoms with Gasteiger partial charge >= 0.3 is 0 Å². The Labute approximate surface area is 122 Å². The van der Waals surface area contributed by atoms with Crippen LogP contribution < -0.4 is 14.8 Å². The highest BCUT2D eigenvalue weighted by Gasteiger charge is 2.27. The summed E-state index contributed by atoms with van der Waals surface area (Å²) in [7, 11) is 0. The van der Waals surface area contributed by atoms with Crippen LogP contribution in [0.15, 0.2) is 12.1 Å². The third kappa shape index (κ3) is 2.87. The third-order valence-electron chi connectivity index (χ3n) is 3.87. The van der Waals surface area contributed by atoms with Gasteiger partial charge < -0.3 is 19.5 Å². The monoisotopic (exact) mass is 294 g/mol. The Kier molecular flexibility index (Phi) is 3.83. The molecule has 0 amide bonds. The van der Waals surface area contributed by atoms with Crippen LogP contribution in [0.3, 0.4) is 0 Å². The van der Waals surface area contributed by atoms with Gasteiger partial charge in [0.15, 0.2) is 11.5 Å². The number of nitrogens with zero attached hydrogens (tertiary/aromatic N) is 1. The van der Waals surface area contributed by atoms with Crippen molar-refractivity contribution >= 4 is 11.4 Å². The Morgan fingerprint density at radius 1 is 1.38 bits per heavy atom. The molecule has 2 unspecified atom stereocenters. The summed E-state index contributed by atoms with van der Waals surface area (Å²) >= 11 is 0. The molecule has 2 aliphatic heterocycles. The molecule has 2 aliphatic rings. The summed E-state index contributed by atoms with van der Waals surface area (Å²) in [5.41, 5.74) is 0.491. The number of anilines is 1. The number of nitro groups is 1. The average Bonchev–Trinajstić information content (AvgIpc) is 2.93. The first-order valence-corrected chi connectivity index (χ1v) is 7.13. The zero-order valence-electron chi connectivity index (χ0n) is 11.8. The smallest absolute Gasteiger partial charge is 0.296 e. The van der Waals surface area contributed by atoms with E-state index in [-0.39, 0.29) is 24.6 Å². The van der Waals surface area contributed by atoms with Gasteiger partial charge in [-0.3, -0.25) is 10.1 Å². The Hall–Kier alpha value is -2.02. The average molecular weight is 294 g/mol. The van der Waals surface area contributed by atoms with Gasteiger partial charge in [-0.1, -0.05) is 6.92 Å². The molecule has 0 bridgehead atoms. The van der Waals surface area contributed by atoms with Crippen LogP contribution in [0.1, 0.15) is 26.2 Å². The van der Waals surface area contributed by atoms with Gasteiger partial charge in [0.05, 0.1) is 17.1 Å². The fraction of sp³-hybridized carbons (Fsp3) is 0.571. The van der Waals surface area contributed by atoms with Crippen molar-refractivity contribution in [3.05, 3.63) is 22.2 Å². The zero-order chi connectivity index (χ0) is 14.8. The Balaban J connectivity index is 1.82. The number of hydrogen-bond acceptors (Lipinski definition) is 6. The number of fused-ring (bicyclic) bond motifs is 1. The molecule has 0 aliphatic carbocycles. The lowest BCUT2D eigenvalue weighted by molar-refractivity contribution is -0.384. The van der Waals surface area contributed by atoms with E-state index in [0.29, 0.717) is 23.8 Å². The molecular weight excluding hydrogens is 276 g/mol. The van der Waals surface area contributed by atoms with E-state index in [9.17, 15) is 10.1 Å². The standard InChI is InChI=1S/C14H18N2O5/c1-2-10-5-9(3-4-19-10)15-11-6-13-14(21-8-20-13)7-12(11)16(17)18/h6-7,9-10,15H,2-5,8H2,1H3. The van der Waals surface area contributed by atoms with Crippen molar-refractivity contribution < 1.29 is 19.1 Å². The Morgan fingerprint density at radius 2 is 2.14 bits per heavy atom. The van der Waals surface area contributed by atoms with Crippen molar-refractivity contribution in [2.45, 2.75) is 38.3 Å². The molecule has 21 heavy (non-hydrogen) atoms. The summed E-state index contributed by atoms with van der Waals surface area (Å²) in [4.78, 5) is 10.8. The maximum atomic E-state index is 11.2. The SMILES string of the molecule is CCC1CC(Nc2cc3c(cc2[N+](=O)[O-])OCO3)CCO1. The van der Waals surface area contributed by atoms with E-state index < -0.39 is 4.92 Å². The maximum absolute atomic E-state index is 11.2. The normalized spacial score (nSPS) is 23.9. The van der Waals surface area contributed by atoms with Crippen molar-refractivity contribution in [3.8, 4) is 11.5 Å². The third-order valence-corrected chi connectivity index (χ3v) is 3.87. The van der Waals surface area contributed by atoms with Crippen LogP contribution in [0.5, 0.6) is 11.5 Å². The van der Waals surface area contributed by atoms with Crippen molar-refractivity contribution in [2.24, 2.45) is 0 Å². The van der Waals surface area contributed by atoms with Crippen LogP contribution >= 0.6 is 0 Å². The summed E-state index contributed by atoms with van der Waals surface area (Å²) in [6, 6.07) is 3.24. The summed E-state index contributed by atoms with van der Waals surface area (Å²) < 4.78 is 16.1. The first-order valence-electron chi connectivity index (χ1n) is 7.13. The van der Waals surface area contributed by atoms with Crippen molar-refractivity contribution in [1.82, 2.24) is 0 Å². The van der Waals surface area contributed by atoms with E-state index in [4.69, 9.17) is 14.2 Å². The molecule has 1 saturated heterocycles. The van der Waals surface area contributed by atoms with Gasteiger partial charge in [0.2, 0.25) is 6.79 Å². The number of nitrogens with one attached hydrogen (secondary N) is 1. The molecule has 0 aromatic heterocycles. The maximum Gasteiger partial charge on any atom is 0.296 e. The van der Waals surface area contributed by atoms with Crippen LogP contribution in [-0.4, -0.2) is 30.5 Å². The fourth-order valence-electron chi connectivity index (χ4n) is 2.71. The van der Waals surface area contributed by atoms with Gasteiger partial charge in [0.25, 0.3) is 5.69 Å². The Bertz CT molecular complexity index is 548. The second-order valence-corrected chi connectivity index (χ2v) is 5.25. The number of hydrogen-bond donors (Lipinski definition) is 1. The van der Waals surface area contributed by atoms with E-state index >= 15 is 0 Å². The molecular formula is C14H18N2O5. The van der Waals surface area contributed by atoms with Crippen LogP contribution in [0.2, 0.25) is 0 Å². The predicted molar refractivity (Wildman–Crippen MR) is 75.9 cm³/mol. The number of rotatable bonds is 4. The molecule has 0 radical (unpaired) electrons. The highest BCUT2D eigenvalue weighted by molar-refractivity contribution is 5.69. The molecule has 7 heteroatoms. The quantitative estimate of drug-likeness (QED) is 0.679. The van der Waals surface area contributed by atoms with Crippen molar-refractivity contribution in [3.63, 3.8) is 0 Å². The second-order valence-electron chi connectivity index (χ2n) is 5.25. The summed E-state index contributed by atoms with van der Waals surface area (Å²) in [5.74, 6) is 0.966. The van der Waals surface area contributed by atoms with Gasteiger partial charge in [0.1, 0.15) is 5.69 Å². The van der Waals surface area contributed by atoms with Crippen LogP contribution in [0.25, 0.3) is 0 Å². The lowest BCUT2D eigenvalue weighted by Gasteiger charge is -2.30. The lowest BCUT2D eigenvalue weighted by Crippen LogP contribution is -2.33. The van der Waals surface area contributed by atoms with E-state index in [2.05, 4.69) is 12.2 Å². The lowest BCUT2D eigenvalue weighted by atomic mass is 10.0. The summed E-state index contributed by atoms with van der Waals surface area (Å²) in [6.45, 7) is 2.86. The molecule has 3 rings (SSSR count). The topological polar surface area (TPSA) is 82.9 Å². The molecule has 2 atom stereocenters. The number of ether oxygens (including phenoxy) is 3. The Morgan fingerprint density at radius 3 is 2.86 bits per heavy atom. The van der Waals surface area contributed by atoms with E-state index in [1.165, 1.54) is 6.07 Å². The molecule has 2 heterocycles. The highest BCUT2D eigenvalue weighted by atomic mass is 16.7. The molecule has 1 aromatic carbocycles. The van der Waals surface area contributed by atoms with Crippen LogP contribution in [0.4, 0.5) is 11.4 Å². The van der Waals surface area contributed by atoms with E-state index in [0.717, 1.165) is 19.3 Å². The first-order chi connectivity index (χ1) is 10.2. The van der Waals surface area contributed by atoms with Crippen molar-refractivity contribution in [2.75, 3.05) is 18.7 Å². The molecule has 1 N–H and O–H groups in total. The number of benzene rings is 1. The van der Waals surface area contributed by atoms with E-state index in [1.54, 1.807) is 6.07 Å². The second kappa shape index (κ2) is 5.77. The van der Waals surface area contributed by atoms with E-state index in [1.807, 2.05) is 0 Å². The van der Waals surface area contributed by atoms with Crippen LogP contribution in [0, 0.1) is 10.1 Å². The summed E-state index contributed by atoms with van der Waals surface area (Å²) in [6.07, 6.45) is 2.84. The van der Waals surface area contributed by atoms with Crippen molar-refractivity contribution in [1.29, 1.82) is 0 Å². The van der Waals surface area contributed by atoms with Gasteiger partial charge in [0, 0.05) is 18.7 Å². The highest BCUT2D eigenvalue weighted by Crippen LogP contribution is 2.41. The van der Waals surface area contributed by atoms with Gasteiger partial charge in [-0.2, -0.15) is 0 Å². The van der Waals surface area contributed by atoms with Crippen LogP contribution in [-0.2, 0) is 4.74 Å². The molecule has 7 nitrogen and oxygen atoms in total. The minimum atomic E-state index is -0.402. The minimum Gasteiger partial charge on any atom is -0.454 e. The predicted octanol–water partition coefficient (Wildman–Crippen LogP) is 2.69.